The van der Waals surface area contributed by atoms with Crippen molar-refractivity contribution in [3.63, 3.8) is 0 Å². The van der Waals surface area contributed by atoms with Gasteiger partial charge in [-0.15, -0.1) is 0 Å². The lowest BCUT2D eigenvalue weighted by Crippen LogP contribution is -2.34. The first-order valence-corrected chi connectivity index (χ1v) is 4.08. The van der Waals surface area contributed by atoms with E-state index in [-0.39, 0.29) is 19.3 Å². The monoisotopic (exact) mass is 193 g/mol. The molecule has 0 saturated heterocycles. The number of aliphatic hydroxyl groups excluding tert-OH is 1. The summed E-state index contributed by atoms with van der Waals surface area (Å²) in [4.78, 5) is 0. The van der Waals surface area contributed by atoms with Crippen molar-refractivity contribution in [1.82, 2.24) is 0 Å². The maximum atomic E-state index is 12.2. The van der Waals surface area contributed by atoms with E-state index in [1.165, 1.54) is 0 Å². The van der Waals surface area contributed by atoms with E-state index in [1.54, 1.807) is 6.07 Å². The molecule has 2 nitrogen and oxygen atoms in total. The normalized spacial score (nSPS) is 35.5. The molecule has 1 fully saturated rings. The van der Waals surface area contributed by atoms with Crippen molar-refractivity contribution in [3.05, 3.63) is 0 Å². The first-order chi connectivity index (χ1) is 5.93. The van der Waals surface area contributed by atoms with Crippen molar-refractivity contribution < 1.29 is 18.3 Å². The topological polar surface area (TPSA) is 44.0 Å². The molecule has 0 aromatic rings. The summed E-state index contributed by atoms with van der Waals surface area (Å²) in [6.45, 7) is 0. The fourth-order valence-electron chi connectivity index (χ4n) is 1.66. The van der Waals surface area contributed by atoms with E-state index in [4.69, 9.17) is 10.4 Å². The van der Waals surface area contributed by atoms with Crippen LogP contribution in [-0.4, -0.2) is 17.4 Å². The van der Waals surface area contributed by atoms with Crippen molar-refractivity contribution in [2.24, 2.45) is 11.8 Å². The average molecular weight is 193 g/mol. The highest BCUT2D eigenvalue weighted by atomic mass is 19.4. The van der Waals surface area contributed by atoms with Gasteiger partial charge in [0, 0.05) is 5.92 Å². The molecule has 0 aliphatic heterocycles. The van der Waals surface area contributed by atoms with E-state index in [0.29, 0.717) is 0 Å². The molecule has 1 aliphatic rings. The number of halogens is 3. The molecule has 0 aromatic carbocycles. The number of alkyl halides is 3. The molecule has 13 heavy (non-hydrogen) atoms. The molecule has 74 valence electrons. The van der Waals surface area contributed by atoms with Crippen LogP contribution in [-0.2, 0) is 0 Å². The lowest BCUT2D eigenvalue weighted by Gasteiger charge is -2.30. The molecule has 3 atom stereocenters. The Morgan fingerprint density at radius 3 is 2.31 bits per heavy atom. The van der Waals surface area contributed by atoms with Crippen LogP contribution in [0.5, 0.6) is 0 Å². The van der Waals surface area contributed by atoms with Crippen LogP contribution < -0.4 is 0 Å². The van der Waals surface area contributed by atoms with E-state index in [2.05, 4.69) is 0 Å². The first kappa shape index (κ1) is 10.3. The lowest BCUT2D eigenvalue weighted by atomic mass is 9.80. The summed E-state index contributed by atoms with van der Waals surface area (Å²) in [5, 5.41) is 17.6. The van der Waals surface area contributed by atoms with Crippen molar-refractivity contribution in [2.75, 3.05) is 0 Å². The van der Waals surface area contributed by atoms with Gasteiger partial charge in [-0.25, -0.2) is 0 Å². The first-order valence-electron chi connectivity index (χ1n) is 4.08. The average Bonchev–Trinajstić information content (AvgIpc) is 2.01. The third-order valence-corrected chi connectivity index (χ3v) is 2.33. The van der Waals surface area contributed by atoms with Gasteiger partial charge in [0.2, 0.25) is 0 Å². The number of aliphatic hydroxyl groups is 1. The Hall–Kier alpha value is -0.760. The number of nitrogens with zero attached hydrogens (tertiary/aromatic N) is 1. The third kappa shape index (κ3) is 2.59. The van der Waals surface area contributed by atoms with Crippen LogP contribution in [0, 0.1) is 23.2 Å². The maximum Gasteiger partial charge on any atom is 0.391 e. The SMILES string of the molecule is N#CC1CC(O)CC(C(F)(F)F)C1. The molecule has 1 saturated carbocycles. The molecule has 0 bridgehead atoms. The van der Waals surface area contributed by atoms with Crippen LogP contribution in [0.3, 0.4) is 0 Å². The highest BCUT2D eigenvalue weighted by molar-refractivity contribution is 4.92. The molecule has 0 heterocycles. The zero-order valence-electron chi connectivity index (χ0n) is 6.88. The van der Waals surface area contributed by atoms with E-state index >= 15 is 0 Å². The molecule has 1 aliphatic carbocycles. The summed E-state index contributed by atoms with van der Waals surface area (Å²) in [6, 6.07) is 1.78. The molecular formula is C8H10F3NO. The van der Waals surface area contributed by atoms with Crippen LogP contribution >= 0.6 is 0 Å². The van der Waals surface area contributed by atoms with E-state index in [9.17, 15) is 13.2 Å². The van der Waals surface area contributed by atoms with Gasteiger partial charge in [-0.2, -0.15) is 18.4 Å². The van der Waals surface area contributed by atoms with Crippen LogP contribution in [0.25, 0.3) is 0 Å². The van der Waals surface area contributed by atoms with Gasteiger partial charge < -0.3 is 5.11 Å². The summed E-state index contributed by atoms with van der Waals surface area (Å²) < 4.78 is 36.6. The summed E-state index contributed by atoms with van der Waals surface area (Å²) in [6.07, 6.45) is -5.52. The summed E-state index contributed by atoms with van der Waals surface area (Å²) >= 11 is 0. The third-order valence-electron chi connectivity index (χ3n) is 2.33. The van der Waals surface area contributed by atoms with Crippen molar-refractivity contribution >= 4 is 0 Å². The van der Waals surface area contributed by atoms with Crippen LogP contribution in [0.1, 0.15) is 19.3 Å². The fourth-order valence-corrected chi connectivity index (χ4v) is 1.66. The van der Waals surface area contributed by atoms with Crippen LogP contribution in [0.4, 0.5) is 13.2 Å². The number of hydrogen-bond donors (Lipinski definition) is 1. The highest BCUT2D eigenvalue weighted by Crippen LogP contribution is 2.39. The highest BCUT2D eigenvalue weighted by Gasteiger charge is 2.44. The number of hydrogen-bond acceptors (Lipinski definition) is 2. The maximum absolute atomic E-state index is 12.2. The zero-order valence-corrected chi connectivity index (χ0v) is 6.88. The predicted octanol–water partition coefficient (Wildman–Crippen LogP) is 1.85. The molecule has 3 unspecified atom stereocenters. The number of rotatable bonds is 0. The van der Waals surface area contributed by atoms with Gasteiger partial charge in [0.15, 0.2) is 0 Å². The minimum Gasteiger partial charge on any atom is -0.393 e. The molecule has 0 radical (unpaired) electrons. The molecule has 1 rings (SSSR count). The molecular weight excluding hydrogens is 183 g/mol. The minimum absolute atomic E-state index is 0.170. The van der Waals surface area contributed by atoms with Crippen molar-refractivity contribution in [1.29, 1.82) is 5.26 Å². The molecule has 1 N–H and O–H groups in total. The zero-order chi connectivity index (χ0) is 10.1. The van der Waals surface area contributed by atoms with Gasteiger partial charge in [-0.1, -0.05) is 0 Å². The van der Waals surface area contributed by atoms with E-state index < -0.39 is 24.1 Å². The Labute approximate surface area is 74.0 Å². The van der Waals surface area contributed by atoms with Gasteiger partial charge in [-0.3, -0.25) is 0 Å². The Morgan fingerprint density at radius 1 is 1.23 bits per heavy atom. The van der Waals surface area contributed by atoms with Crippen molar-refractivity contribution in [3.8, 4) is 6.07 Å². The molecule has 5 heteroatoms. The number of nitriles is 1. The Kier molecular flexibility index (Phi) is 2.81. The van der Waals surface area contributed by atoms with Gasteiger partial charge in [0.1, 0.15) is 0 Å². The van der Waals surface area contributed by atoms with Gasteiger partial charge >= 0.3 is 6.18 Å². The Bertz CT molecular complexity index is 220. The van der Waals surface area contributed by atoms with Gasteiger partial charge in [0.25, 0.3) is 0 Å². The molecule has 0 spiro atoms. The summed E-state index contributed by atoms with van der Waals surface area (Å²) in [7, 11) is 0. The van der Waals surface area contributed by atoms with Crippen molar-refractivity contribution in [2.45, 2.75) is 31.5 Å². The Balaban J connectivity index is 2.64. The Morgan fingerprint density at radius 2 is 1.85 bits per heavy atom. The standard InChI is InChI=1S/C8H10F3NO/c9-8(10,11)6-1-5(4-12)2-7(13)3-6/h5-7,13H,1-3H2. The quantitative estimate of drug-likeness (QED) is 0.638. The summed E-state index contributed by atoms with van der Waals surface area (Å²) in [5.74, 6) is -2.17. The smallest absolute Gasteiger partial charge is 0.391 e. The second-order valence-electron chi connectivity index (χ2n) is 3.43. The second kappa shape index (κ2) is 3.54. The fraction of sp³-hybridized carbons (Fsp3) is 0.875. The minimum atomic E-state index is -4.28. The summed E-state index contributed by atoms with van der Waals surface area (Å²) in [5.41, 5.74) is 0. The predicted molar refractivity (Wildman–Crippen MR) is 38.5 cm³/mol. The van der Waals surface area contributed by atoms with Gasteiger partial charge in [-0.05, 0) is 19.3 Å². The second-order valence-corrected chi connectivity index (χ2v) is 3.43. The van der Waals surface area contributed by atoms with Crippen LogP contribution in [0.15, 0.2) is 0 Å². The molecule has 0 amide bonds. The van der Waals surface area contributed by atoms with E-state index in [0.717, 1.165) is 0 Å². The largest absolute Gasteiger partial charge is 0.393 e. The van der Waals surface area contributed by atoms with Crippen LogP contribution in [0.2, 0.25) is 0 Å². The molecule has 0 aromatic heterocycles. The van der Waals surface area contributed by atoms with E-state index in [1.807, 2.05) is 0 Å². The lowest BCUT2D eigenvalue weighted by molar-refractivity contribution is -0.192. The van der Waals surface area contributed by atoms with Gasteiger partial charge in [0.05, 0.1) is 18.1 Å².